The lowest BCUT2D eigenvalue weighted by Crippen LogP contribution is -1.85. The molecule has 0 saturated carbocycles. The number of fused-ring (bicyclic) bond motifs is 1. The molecule has 1 N–H and O–H groups in total. The van der Waals surface area contributed by atoms with Crippen molar-refractivity contribution in [2.24, 2.45) is 0 Å². The van der Waals surface area contributed by atoms with Gasteiger partial charge in [-0.05, 0) is 35.9 Å². The second-order valence-corrected chi connectivity index (χ2v) is 3.94. The lowest BCUT2D eigenvalue weighted by molar-refractivity contribution is 0.630. The van der Waals surface area contributed by atoms with Crippen molar-refractivity contribution < 1.29 is 4.39 Å². The summed E-state index contributed by atoms with van der Waals surface area (Å²) in [4.78, 5) is 11.0. The minimum absolute atomic E-state index is 0.174. The van der Waals surface area contributed by atoms with Crippen molar-refractivity contribution >= 4 is 22.5 Å². The first-order chi connectivity index (χ1) is 8.24. The van der Waals surface area contributed by atoms with Gasteiger partial charge in [-0.2, -0.15) is 0 Å². The fraction of sp³-hybridized carbons (Fsp3) is 0. The molecule has 0 amide bonds. The Morgan fingerprint density at radius 2 is 2.12 bits per heavy atom. The van der Waals surface area contributed by atoms with Crippen LogP contribution < -0.4 is 0 Å². The Morgan fingerprint density at radius 3 is 2.94 bits per heavy atom. The number of rotatable bonds is 1. The summed E-state index contributed by atoms with van der Waals surface area (Å²) < 4.78 is 13.2. The Morgan fingerprint density at radius 1 is 1.24 bits per heavy atom. The monoisotopic (exact) mass is 247 g/mol. The van der Waals surface area contributed by atoms with E-state index in [2.05, 4.69) is 15.0 Å². The molecule has 3 aromatic rings. The van der Waals surface area contributed by atoms with Crippen LogP contribution in [0.5, 0.6) is 0 Å². The highest BCUT2D eigenvalue weighted by Gasteiger charge is 2.08. The summed E-state index contributed by atoms with van der Waals surface area (Å²) >= 11 is 5.74. The topological polar surface area (TPSA) is 41.6 Å². The van der Waals surface area contributed by atoms with Crippen LogP contribution in [0.2, 0.25) is 5.28 Å². The Bertz CT molecular complexity index is 693. The Hall–Kier alpha value is -1.94. The van der Waals surface area contributed by atoms with Gasteiger partial charge < -0.3 is 4.98 Å². The van der Waals surface area contributed by atoms with Crippen molar-refractivity contribution in [2.75, 3.05) is 0 Å². The first-order valence-electron chi connectivity index (χ1n) is 4.99. The van der Waals surface area contributed by atoms with Crippen molar-refractivity contribution in [3.8, 4) is 11.3 Å². The molecule has 0 spiro atoms. The summed E-state index contributed by atoms with van der Waals surface area (Å²) in [6.45, 7) is 0. The van der Waals surface area contributed by atoms with Crippen LogP contribution in [0.3, 0.4) is 0 Å². The fourth-order valence-electron chi connectivity index (χ4n) is 1.79. The maximum atomic E-state index is 13.2. The summed E-state index contributed by atoms with van der Waals surface area (Å²) in [5.41, 5.74) is 2.33. The van der Waals surface area contributed by atoms with Gasteiger partial charge in [-0.3, -0.25) is 0 Å². The number of nitrogens with one attached hydrogen (secondary N) is 1. The van der Waals surface area contributed by atoms with Crippen molar-refractivity contribution in [2.45, 2.75) is 0 Å². The summed E-state index contributed by atoms with van der Waals surface area (Å²) in [5, 5.41) is 0.952. The molecule has 0 radical (unpaired) electrons. The van der Waals surface area contributed by atoms with Crippen molar-refractivity contribution in [1.82, 2.24) is 15.0 Å². The molecule has 0 bridgehead atoms. The minimum Gasteiger partial charge on any atom is -0.360 e. The van der Waals surface area contributed by atoms with Gasteiger partial charge in [-0.15, -0.1) is 0 Å². The first-order valence-corrected chi connectivity index (χ1v) is 5.37. The molecular weight excluding hydrogens is 241 g/mol. The number of hydrogen-bond acceptors (Lipinski definition) is 2. The van der Waals surface area contributed by atoms with Crippen molar-refractivity contribution in [3.05, 3.63) is 47.8 Å². The average molecular weight is 248 g/mol. The summed E-state index contributed by atoms with van der Waals surface area (Å²) in [7, 11) is 0. The van der Waals surface area contributed by atoms with Gasteiger partial charge in [0.2, 0.25) is 5.28 Å². The number of H-pyrrole nitrogens is 1. The van der Waals surface area contributed by atoms with E-state index in [0.717, 1.165) is 16.5 Å². The molecule has 2 aromatic heterocycles. The molecule has 0 unspecified atom stereocenters. The SMILES string of the molecule is Fc1ccc2[nH]cc(-c3ccnc(Cl)n3)c2c1. The Labute approximate surface area is 101 Å². The third-order valence-corrected chi connectivity index (χ3v) is 2.73. The van der Waals surface area contributed by atoms with E-state index in [-0.39, 0.29) is 11.1 Å². The summed E-state index contributed by atoms with van der Waals surface area (Å²) in [6.07, 6.45) is 3.35. The van der Waals surface area contributed by atoms with E-state index in [1.165, 1.54) is 12.1 Å². The average Bonchev–Trinajstić information content (AvgIpc) is 2.71. The van der Waals surface area contributed by atoms with E-state index in [1.807, 2.05) is 0 Å². The Balaban J connectivity index is 2.27. The maximum Gasteiger partial charge on any atom is 0.222 e. The molecule has 0 aliphatic carbocycles. The Kier molecular flexibility index (Phi) is 2.30. The second-order valence-electron chi connectivity index (χ2n) is 3.60. The standard InChI is InChI=1S/C12H7ClFN3/c13-12-15-4-3-11(17-12)9-6-16-10-2-1-7(14)5-8(9)10/h1-6,16H. The maximum absolute atomic E-state index is 13.2. The molecule has 0 fully saturated rings. The van der Waals surface area contributed by atoms with E-state index < -0.39 is 0 Å². The molecular formula is C12H7ClFN3. The normalized spacial score (nSPS) is 10.9. The van der Waals surface area contributed by atoms with Crippen LogP contribution >= 0.6 is 11.6 Å². The molecule has 3 nitrogen and oxygen atoms in total. The molecule has 1 aromatic carbocycles. The number of aromatic nitrogens is 3. The molecule has 0 saturated heterocycles. The molecule has 17 heavy (non-hydrogen) atoms. The molecule has 3 rings (SSSR count). The van der Waals surface area contributed by atoms with Gasteiger partial charge in [0, 0.05) is 28.9 Å². The zero-order valence-electron chi connectivity index (χ0n) is 8.61. The third-order valence-electron chi connectivity index (χ3n) is 2.55. The highest BCUT2D eigenvalue weighted by Crippen LogP contribution is 2.27. The van der Waals surface area contributed by atoms with Gasteiger partial charge in [0.25, 0.3) is 0 Å². The van der Waals surface area contributed by atoms with Crippen molar-refractivity contribution in [1.29, 1.82) is 0 Å². The van der Waals surface area contributed by atoms with Gasteiger partial charge in [-0.1, -0.05) is 0 Å². The van der Waals surface area contributed by atoms with Crippen LogP contribution in [0.25, 0.3) is 22.2 Å². The van der Waals surface area contributed by atoms with E-state index in [0.29, 0.717) is 5.69 Å². The summed E-state index contributed by atoms with van der Waals surface area (Å²) in [5.74, 6) is -0.279. The van der Waals surface area contributed by atoms with E-state index >= 15 is 0 Å². The minimum atomic E-state index is -0.279. The lowest BCUT2D eigenvalue weighted by Gasteiger charge is -1.98. The number of nitrogens with zero attached hydrogens (tertiary/aromatic N) is 2. The van der Waals surface area contributed by atoms with Gasteiger partial charge in [0.15, 0.2) is 0 Å². The molecule has 0 aliphatic heterocycles. The number of hydrogen-bond donors (Lipinski definition) is 1. The highest BCUT2D eigenvalue weighted by atomic mass is 35.5. The zero-order valence-corrected chi connectivity index (χ0v) is 9.37. The van der Waals surface area contributed by atoms with Crippen LogP contribution in [0.1, 0.15) is 0 Å². The fourth-order valence-corrected chi connectivity index (χ4v) is 1.94. The van der Waals surface area contributed by atoms with Crippen LogP contribution in [0.15, 0.2) is 36.7 Å². The molecule has 2 heterocycles. The molecule has 84 valence electrons. The number of halogens is 2. The second kappa shape index (κ2) is 3.82. The molecule has 0 aliphatic rings. The number of benzene rings is 1. The molecule has 5 heteroatoms. The van der Waals surface area contributed by atoms with Gasteiger partial charge in [0.1, 0.15) is 5.82 Å². The van der Waals surface area contributed by atoms with Crippen LogP contribution in [0.4, 0.5) is 4.39 Å². The van der Waals surface area contributed by atoms with E-state index in [9.17, 15) is 4.39 Å². The smallest absolute Gasteiger partial charge is 0.222 e. The van der Waals surface area contributed by atoms with E-state index in [4.69, 9.17) is 11.6 Å². The highest BCUT2D eigenvalue weighted by molar-refractivity contribution is 6.28. The lowest BCUT2D eigenvalue weighted by atomic mass is 10.1. The van der Waals surface area contributed by atoms with Crippen LogP contribution in [-0.2, 0) is 0 Å². The van der Waals surface area contributed by atoms with Gasteiger partial charge in [-0.25, -0.2) is 14.4 Å². The largest absolute Gasteiger partial charge is 0.360 e. The molecule has 0 atom stereocenters. The van der Waals surface area contributed by atoms with Crippen LogP contribution in [-0.4, -0.2) is 15.0 Å². The number of aromatic amines is 1. The van der Waals surface area contributed by atoms with Gasteiger partial charge in [0.05, 0.1) is 5.69 Å². The summed E-state index contributed by atoms with van der Waals surface area (Å²) in [6, 6.07) is 6.31. The first kappa shape index (κ1) is 10.2. The predicted molar refractivity (Wildman–Crippen MR) is 64.3 cm³/mol. The van der Waals surface area contributed by atoms with Crippen LogP contribution in [0, 0.1) is 5.82 Å². The zero-order chi connectivity index (χ0) is 11.8. The predicted octanol–water partition coefficient (Wildman–Crippen LogP) is 3.42. The van der Waals surface area contributed by atoms with Gasteiger partial charge >= 0.3 is 0 Å². The quantitative estimate of drug-likeness (QED) is 0.670. The van der Waals surface area contributed by atoms with Crippen molar-refractivity contribution in [3.63, 3.8) is 0 Å². The van der Waals surface area contributed by atoms with E-state index in [1.54, 1.807) is 24.5 Å². The third kappa shape index (κ3) is 1.76.